The third kappa shape index (κ3) is 4.00. The quantitative estimate of drug-likeness (QED) is 0.638. The van der Waals surface area contributed by atoms with Gasteiger partial charge < -0.3 is 10.4 Å². The van der Waals surface area contributed by atoms with Crippen molar-refractivity contribution in [2.75, 3.05) is 5.32 Å². The summed E-state index contributed by atoms with van der Waals surface area (Å²) in [6, 6.07) is 9.32. The fourth-order valence-electron chi connectivity index (χ4n) is 2.56. The molecule has 3 aromatic rings. The van der Waals surface area contributed by atoms with Gasteiger partial charge in [-0.2, -0.15) is 0 Å². The molecule has 2 N–H and O–H groups in total. The molecule has 0 atom stereocenters. The van der Waals surface area contributed by atoms with Crippen LogP contribution in [0.2, 0.25) is 0 Å². The van der Waals surface area contributed by atoms with E-state index >= 15 is 0 Å². The van der Waals surface area contributed by atoms with E-state index < -0.39 is 52.8 Å². The predicted octanol–water partition coefficient (Wildman–Crippen LogP) is 2.66. The number of carboxylic acid groups (broad SMARTS) is 1. The molecule has 1 aromatic heterocycles. The number of benzene rings is 2. The zero-order valence-electron chi connectivity index (χ0n) is 14.5. The van der Waals surface area contributed by atoms with E-state index in [1.807, 2.05) is 0 Å². The first kappa shape index (κ1) is 19.8. The standard InChI is InChI=1S/C19H12F3N3O4/c20-12-7-6-11(15(21)16(12)22)17-23-8-13(19(29)25(17)9-14(26)27)24-18(28)10-4-2-1-3-5-10/h1-8H,9H2,(H,24,28)(H,26,27). The Balaban J connectivity index is 2.10. The van der Waals surface area contributed by atoms with Gasteiger partial charge in [-0.1, -0.05) is 18.2 Å². The SMILES string of the molecule is O=C(O)Cn1c(-c2ccc(F)c(F)c2F)ncc(NC(=O)c2ccccc2)c1=O. The first-order valence-corrected chi connectivity index (χ1v) is 8.11. The Bertz CT molecular complexity index is 1160. The number of nitrogens with one attached hydrogen (secondary N) is 1. The van der Waals surface area contributed by atoms with Crippen LogP contribution in [-0.2, 0) is 11.3 Å². The van der Waals surface area contributed by atoms with Crippen LogP contribution in [0.15, 0.2) is 53.5 Å². The number of halogens is 3. The number of aromatic nitrogens is 2. The van der Waals surface area contributed by atoms with Gasteiger partial charge in [-0.3, -0.25) is 19.0 Å². The highest BCUT2D eigenvalue weighted by Crippen LogP contribution is 2.24. The summed E-state index contributed by atoms with van der Waals surface area (Å²) in [6.07, 6.45) is 0.886. The van der Waals surface area contributed by atoms with E-state index in [1.54, 1.807) is 18.2 Å². The van der Waals surface area contributed by atoms with Crippen LogP contribution in [0.3, 0.4) is 0 Å². The van der Waals surface area contributed by atoms with Gasteiger partial charge >= 0.3 is 5.97 Å². The molecule has 1 heterocycles. The largest absolute Gasteiger partial charge is 0.480 e. The van der Waals surface area contributed by atoms with Gasteiger partial charge in [-0.05, 0) is 24.3 Å². The molecule has 0 aliphatic heterocycles. The predicted molar refractivity (Wildman–Crippen MR) is 95.8 cm³/mol. The zero-order chi connectivity index (χ0) is 21.1. The topological polar surface area (TPSA) is 101 Å². The fraction of sp³-hybridized carbons (Fsp3) is 0.0526. The minimum Gasteiger partial charge on any atom is -0.480 e. The average Bonchev–Trinajstić information content (AvgIpc) is 2.70. The van der Waals surface area contributed by atoms with E-state index in [0.717, 1.165) is 12.3 Å². The Morgan fingerprint density at radius 1 is 1.03 bits per heavy atom. The van der Waals surface area contributed by atoms with E-state index in [1.165, 1.54) is 12.1 Å². The van der Waals surface area contributed by atoms with E-state index in [4.69, 9.17) is 5.11 Å². The van der Waals surface area contributed by atoms with Crippen molar-refractivity contribution in [2.24, 2.45) is 0 Å². The Morgan fingerprint density at radius 3 is 2.38 bits per heavy atom. The Labute approximate surface area is 161 Å². The van der Waals surface area contributed by atoms with Crippen molar-refractivity contribution in [3.63, 3.8) is 0 Å². The van der Waals surface area contributed by atoms with E-state index in [9.17, 15) is 27.6 Å². The maximum Gasteiger partial charge on any atom is 0.323 e. The van der Waals surface area contributed by atoms with Crippen LogP contribution < -0.4 is 10.9 Å². The molecule has 7 nitrogen and oxygen atoms in total. The molecule has 1 amide bonds. The summed E-state index contributed by atoms with van der Waals surface area (Å²) in [6.45, 7) is -0.950. The lowest BCUT2D eigenvalue weighted by molar-refractivity contribution is -0.137. The van der Waals surface area contributed by atoms with Crippen molar-refractivity contribution in [3.8, 4) is 11.4 Å². The number of rotatable bonds is 5. The van der Waals surface area contributed by atoms with Gasteiger partial charge in [0.1, 0.15) is 18.1 Å². The van der Waals surface area contributed by atoms with Gasteiger partial charge in [0, 0.05) is 5.56 Å². The molecular weight excluding hydrogens is 391 g/mol. The number of hydrogen-bond donors (Lipinski definition) is 2. The highest BCUT2D eigenvalue weighted by molar-refractivity contribution is 6.04. The molecule has 3 rings (SSSR count). The zero-order valence-corrected chi connectivity index (χ0v) is 14.5. The number of carbonyl (C=O) groups excluding carboxylic acids is 1. The number of carboxylic acids is 1. The van der Waals surface area contributed by atoms with Crippen molar-refractivity contribution >= 4 is 17.6 Å². The molecule has 148 valence electrons. The van der Waals surface area contributed by atoms with Crippen LogP contribution >= 0.6 is 0 Å². The van der Waals surface area contributed by atoms with Gasteiger partial charge in [0.25, 0.3) is 11.5 Å². The van der Waals surface area contributed by atoms with Crippen molar-refractivity contribution in [3.05, 3.63) is 82.0 Å². The molecule has 0 saturated heterocycles. The van der Waals surface area contributed by atoms with Gasteiger partial charge in [0.05, 0.1) is 11.8 Å². The molecular formula is C19H12F3N3O4. The molecule has 0 aliphatic carbocycles. The van der Waals surface area contributed by atoms with Crippen molar-refractivity contribution in [1.82, 2.24) is 9.55 Å². The van der Waals surface area contributed by atoms with Gasteiger partial charge in [0.15, 0.2) is 17.5 Å². The molecule has 0 radical (unpaired) electrons. The summed E-state index contributed by atoms with van der Waals surface area (Å²) >= 11 is 0. The van der Waals surface area contributed by atoms with Crippen molar-refractivity contribution in [1.29, 1.82) is 0 Å². The average molecular weight is 403 g/mol. The molecule has 0 spiro atoms. The number of carbonyl (C=O) groups is 2. The molecule has 10 heteroatoms. The fourth-order valence-corrected chi connectivity index (χ4v) is 2.56. The van der Waals surface area contributed by atoms with Crippen LogP contribution in [0.5, 0.6) is 0 Å². The van der Waals surface area contributed by atoms with E-state index in [2.05, 4.69) is 10.3 Å². The molecule has 0 fully saturated rings. The summed E-state index contributed by atoms with van der Waals surface area (Å²) in [5, 5.41) is 11.4. The lowest BCUT2D eigenvalue weighted by Crippen LogP contribution is -2.30. The van der Waals surface area contributed by atoms with Crippen LogP contribution in [-0.4, -0.2) is 26.5 Å². The summed E-state index contributed by atoms with van der Waals surface area (Å²) in [7, 11) is 0. The maximum absolute atomic E-state index is 14.1. The van der Waals surface area contributed by atoms with Crippen molar-refractivity contribution < 1.29 is 27.9 Å². The molecule has 0 bridgehead atoms. The monoisotopic (exact) mass is 403 g/mol. The number of nitrogens with zero attached hydrogens (tertiary/aromatic N) is 2. The molecule has 29 heavy (non-hydrogen) atoms. The van der Waals surface area contributed by atoms with Crippen LogP contribution in [0.4, 0.5) is 18.9 Å². The number of hydrogen-bond acceptors (Lipinski definition) is 4. The van der Waals surface area contributed by atoms with E-state index in [0.29, 0.717) is 10.6 Å². The van der Waals surface area contributed by atoms with Crippen LogP contribution in [0.25, 0.3) is 11.4 Å². The summed E-state index contributed by atoms with van der Waals surface area (Å²) in [4.78, 5) is 39.9. The van der Waals surface area contributed by atoms with Crippen molar-refractivity contribution in [2.45, 2.75) is 6.54 Å². The van der Waals surface area contributed by atoms with Crippen LogP contribution in [0.1, 0.15) is 10.4 Å². The summed E-state index contributed by atoms with van der Waals surface area (Å²) < 4.78 is 41.4. The third-order valence-electron chi connectivity index (χ3n) is 3.90. The first-order chi connectivity index (χ1) is 13.8. The van der Waals surface area contributed by atoms with Gasteiger partial charge in [-0.25, -0.2) is 18.2 Å². The van der Waals surface area contributed by atoms with E-state index in [-0.39, 0.29) is 11.3 Å². The Kier molecular flexibility index (Phi) is 5.44. The maximum atomic E-state index is 14.1. The lowest BCUT2D eigenvalue weighted by Gasteiger charge is -2.13. The highest BCUT2D eigenvalue weighted by atomic mass is 19.2. The molecule has 0 unspecified atom stereocenters. The van der Waals surface area contributed by atoms with Gasteiger partial charge in [0.2, 0.25) is 0 Å². The second-order valence-corrected chi connectivity index (χ2v) is 5.82. The second kappa shape index (κ2) is 7.97. The van der Waals surface area contributed by atoms with Gasteiger partial charge in [-0.15, -0.1) is 0 Å². The minimum absolute atomic E-state index is 0.229. The second-order valence-electron chi connectivity index (χ2n) is 5.82. The number of anilines is 1. The smallest absolute Gasteiger partial charge is 0.323 e. The number of aliphatic carboxylic acids is 1. The number of amides is 1. The first-order valence-electron chi connectivity index (χ1n) is 8.11. The normalized spacial score (nSPS) is 10.6. The third-order valence-corrected chi connectivity index (χ3v) is 3.90. The van der Waals surface area contributed by atoms with Crippen LogP contribution in [0, 0.1) is 17.5 Å². The summed E-state index contributed by atoms with van der Waals surface area (Å²) in [5.41, 5.74) is -1.76. The Hall–Kier alpha value is -3.95. The molecule has 0 saturated carbocycles. The summed E-state index contributed by atoms with van der Waals surface area (Å²) in [5.74, 6) is -7.53. The molecule has 0 aliphatic rings. The molecule has 2 aromatic carbocycles. The highest BCUT2D eigenvalue weighted by Gasteiger charge is 2.22. The lowest BCUT2D eigenvalue weighted by atomic mass is 10.1. The Morgan fingerprint density at radius 2 is 1.72 bits per heavy atom. The minimum atomic E-state index is -1.79.